The van der Waals surface area contributed by atoms with Gasteiger partial charge in [-0.15, -0.1) is 11.3 Å². The fourth-order valence-electron chi connectivity index (χ4n) is 2.97. The van der Waals surface area contributed by atoms with Crippen LogP contribution in [-0.4, -0.2) is 27.9 Å². The molecule has 0 unspecified atom stereocenters. The first-order valence-electron chi connectivity index (χ1n) is 8.23. The van der Waals surface area contributed by atoms with Crippen LogP contribution in [0.2, 0.25) is 0 Å². The van der Waals surface area contributed by atoms with Crippen LogP contribution in [0.5, 0.6) is 0 Å². The van der Waals surface area contributed by atoms with Gasteiger partial charge >= 0.3 is 6.03 Å². The monoisotopic (exact) mass is 383 g/mol. The molecule has 0 aliphatic carbocycles. The van der Waals surface area contributed by atoms with Crippen LogP contribution in [0.15, 0.2) is 46.5 Å². The van der Waals surface area contributed by atoms with Crippen LogP contribution in [0.3, 0.4) is 0 Å². The van der Waals surface area contributed by atoms with Crippen molar-refractivity contribution in [2.24, 2.45) is 0 Å². The van der Waals surface area contributed by atoms with Gasteiger partial charge in [-0.1, -0.05) is 17.7 Å². The maximum absolute atomic E-state index is 12.9. The third-order valence-electron chi connectivity index (χ3n) is 4.40. The van der Waals surface area contributed by atoms with Crippen molar-refractivity contribution >= 4 is 40.3 Å². The van der Waals surface area contributed by atoms with E-state index in [4.69, 9.17) is 0 Å². The van der Waals surface area contributed by atoms with Crippen molar-refractivity contribution in [2.75, 3.05) is 4.90 Å². The lowest BCUT2D eigenvalue weighted by atomic mass is 10.2. The highest BCUT2D eigenvalue weighted by Gasteiger charge is 2.43. The summed E-state index contributed by atoms with van der Waals surface area (Å²) < 4.78 is 0. The van der Waals surface area contributed by atoms with E-state index in [0.29, 0.717) is 0 Å². The van der Waals surface area contributed by atoms with Gasteiger partial charge in [-0.3, -0.25) is 14.6 Å². The van der Waals surface area contributed by atoms with Gasteiger partial charge in [-0.25, -0.2) is 9.78 Å². The molecule has 7 heteroatoms. The highest BCUT2D eigenvalue weighted by Crippen LogP contribution is 2.29. The van der Waals surface area contributed by atoms with E-state index in [-0.39, 0.29) is 18.5 Å². The molecule has 26 heavy (non-hydrogen) atoms. The molecule has 132 valence electrons. The quantitative estimate of drug-likeness (QED) is 0.622. The molecule has 1 aromatic carbocycles. The number of imide groups is 1. The molecule has 1 saturated heterocycles. The first-order valence-corrected chi connectivity index (χ1v) is 10.0. The number of amides is 3. The summed E-state index contributed by atoms with van der Waals surface area (Å²) in [6.07, 6.45) is 0. The Hall–Kier alpha value is -2.51. The predicted octanol–water partition coefficient (Wildman–Crippen LogP) is 4.54. The first-order chi connectivity index (χ1) is 12.5. The summed E-state index contributed by atoms with van der Waals surface area (Å²) in [5.41, 5.74) is 3.65. The summed E-state index contributed by atoms with van der Waals surface area (Å²) in [7, 11) is 0. The Morgan fingerprint density at radius 2 is 1.88 bits per heavy atom. The summed E-state index contributed by atoms with van der Waals surface area (Å²) in [5, 5.41) is 6.86. The van der Waals surface area contributed by atoms with Crippen molar-refractivity contribution in [3.8, 4) is 10.6 Å². The zero-order chi connectivity index (χ0) is 18.3. The first kappa shape index (κ1) is 16.9. The van der Waals surface area contributed by atoms with Gasteiger partial charge < -0.3 is 0 Å². The van der Waals surface area contributed by atoms with Crippen LogP contribution in [-0.2, 0) is 11.3 Å². The van der Waals surface area contributed by atoms with Gasteiger partial charge in [0, 0.05) is 22.0 Å². The fraction of sp³-hybridized carbons (Fsp3) is 0.211. The Kier molecular flexibility index (Phi) is 4.34. The smallest absolute Gasteiger partial charge is 0.282 e. The largest absolute Gasteiger partial charge is 0.332 e. The SMILES string of the molecule is Cc1ccc(N2C(=O)N(Cc3csc(-c4ccsc4)n3)C(=O)[C@H]2C)cc1. The molecule has 4 rings (SSSR count). The highest BCUT2D eigenvalue weighted by atomic mass is 32.1. The molecular weight excluding hydrogens is 366 g/mol. The molecule has 0 saturated carbocycles. The summed E-state index contributed by atoms with van der Waals surface area (Å²) in [5.74, 6) is -0.194. The van der Waals surface area contributed by atoms with E-state index in [0.717, 1.165) is 27.5 Å². The number of aryl methyl sites for hydroxylation is 1. The van der Waals surface area contributed by atoms with E-state index in [1.807, 2.05) is 53.4 Å². The minimum Gasteiger partial charge on any atom is -0.282 e. The second-order valence-electron chi connectivity index (χ2n) is 6.24. The number of urea groups is 1. The lowest BCUT2D eigenvalue weighted by Crippen LogP contribution is -2.33. The fourth-order valence-corrected chi connectivity index (χ4v) is 4.49. The second-order valence-corrected chi connectivity index (χ2v) is 7.88. The van der Waals surface area contributed by atoms with E-state index in [1.165, 1.54) is 16.2 Å². The van der Waals surface area contributed by atoms with Crippen molar-refractivity contribution in [2.45, 2.75) is 26.4 Å². The number of carbonyl (C=O) groups excluding carboxylic acids is 2. The van der Waals surface area contributed by atoms with Crippen LogP contribution >= 0.6 is 22.7 Å². The van der Waals surface area contributed by atoms with Gasteiger partial charge in [-0.2, -0.15) is 11.3 Å². The molecule has 3 aromatic rings. The van der Waals surface area contributed by atoms with E-state index in [2.05, 4.69) is 4.98 Å². The van der Waals surface area contributed by atoms with Crippen molar-refractivity contribution in [3.05, 3.63) is 57.7 Å². The van der Waals surface area contributed by atoms with Crippen molar-refractivity contribution in [3.63, 3.8) is 0 Å². The molecule has 1 aliphatic heterocycles. The molecular formula is C19H17N3O2S2. The van der Waals surface area contributed by atoms with E-state index in [1.54, 1.807) is 23.2 Å². The van der Waals surface area contributed by atoms with E-state index in [9.17, 15) is 9.59 Å². The number of nitrogens with zero attached hydrogens (tertiary/aromatic N) is 3. The second kappa shape index (κ2) is 6.66. The highest BCUT2D eigenvalue weighted by molar-refractivity contribution is 7.14. The van der Waals surface area contributed by atoms with Gasteiger partial charge in [0.05, 0.1) is 12.2 Å². The summed E-state index contributed by atoms with van der Waals surface area (Å²) in [4.78, 5) is 32.9. The number of carbonyl (C=O) groups is 2. The Bertz CT molecular complexity index is 948. The van der Waals surface area contributed by atoms with Crippen molar-refractivity contribution in [1.29, 1.82) is 0 Å². The van der Waals surface area contributed by atoms with Gasteiger partial charge in [0.2, 0.25) is 0 Å². The number of hydrogen-bond donors (Lipinski definition) is 0. The van der Waals surface area contributed by atoms with Gasteiger partial charge in [0.25, 0.3) is 5.91 Å². The number of benzene rings is 1. The Morgan fingerprint density at radius 3 is 2.58 bits per heavy atom. The predicted molar refractivity (Wildman–Crippen MR) is 104 cm³/mol. The number of aromatic nitrogens is 1. The minimum absolute atomic E-state index is 0.194. The minimum atomic E-state index is -0.514. The molecule has 3 amide bonds. The molecule has 0 N–H and O–H groups in total. The molecule has 1 aliphatic rings. The average Bonchev–Trinajstić information content (AvgIpc) is 3.35. The van der Waals surface area contributed by atoms with Crippen molar-refractivity contribution in [1.82, 2.24) is 9.88 Å². The maximum Gasteiger partial charge on any atom is 0.332 e. The van der Waals surface area contributed by atoms with Crippen LogP contribution in [0, 0.1) is 6.92 Å². The third kappa shape index (κ3) is 2.93. The summed E-state index contributed by atoms with van der Waals surface area (Å²) in [6, 6.07) is 8.83. The number of thiazole rings is 1. The van der Waals surface area contributed by atoms with E-state index < -0.39 is 6.04 Å². The Morgan fingerprint density at radius 1 is 1.12 bits per heavy atom. The van der Waals surface area contributed by atoms with Gasteiger partial charge in [0.1, 0.15) is 11.0 Å². The van der Waals surface area contributed by atoms with Crippen LogP contribution in [0.25, 0.3) is 10.6 Å². The number of thiophene rings is 1. The van der Waals surface area contributed by atoms with E-state index >= 15 is 0 Å². The van der Waals surface area contributed by atoms with Gasteiger partial charge in [0.15, 0.2) is 0 Å². The summed E-state index contributed by atoms with van der Waals surface area (Å²) in [6.45, 7) is 3.95. The molecule has 1 atom stereocenters. The third-order valence-corrected chi connectivity index (χ3v) is 6.02. The normalized spacial score (nSPS) is 17.4. The number of rotatable bonds is 4. The van der Waals surface area contributed by atoms with Crippen molar-refractivity contribution < 1.29 is 9.59 Å². The van der Waals surface area contributed by atoms with Crippen LogP contribution < -0.4 is 4.90 Å². The standard InChI is InChI=1S/C19H17N3O2S2/c1-12-3-5-16(6-4-12)22-13(2)18(23)21(19(22)24)9-15-11-26-17(20-15)14-7-8-25-10-14/h3-8,10-11,13H,9H2,1-2H3/t13-/m1/s1. The Balaban J connectivity index is 1.56. The molecule has 2 aromatic heterocycles. The lowest BCUT2D eigenvalue weighted by molar-refractivity contribution is -0.127. The van der Waals surface area contributed by atoms with Crippen LogP contribution in [0.4, 0.5) is 10.5 Å². The Labute approximate surface area is 159 Å². The summed E-state index contributed by atoms with van der Waals surface area (Å²) >= 11 is 3.14. The zero-order valence-electron chi connectivity index (χ0n) is 14.4. The molecule has 1 fully saturated rings. The molecule has 5 nitrogen and oxygen atoms in total. The molecule has 3 heterocycles. The molecule has 0 radical (unpaired) electrons. The topological polar surface area (TPSA) is 53.5 Å². The molecule has 0 bridgehead atoms. The lowest BCUT2D eigenvalue weighted by Gasteiger charge is -2.19. The zero-order valence-corrected chi connectivity index (χ0v) is 16.0. The van der Waals surface area contributed by atoms with Crippen LogP contribution in [0.1, 0.15) is 18.2 Å². The van der Waals surface area contributed by atoms with Gasteiger partial charge in [-0.05, 0) is 37.4 Å². The maximum atomic E-state index is 12.9. The average molecular weight is 383 g/mol. The number of hydrogen-bond acceptors (Lipinski definition) is 5. The molecule has 0 spiro atoms. The number of anilines is 1.